The summed E-state index contributed by atoms with van der Waals surface area (Å²) in [6, 6.07) is 8.18. The number of hydrogen-bond acceptors (Lipinski definition) is 2. The van der Waals surface area contributed by atoms with Crippen molar-refractivity contribution >= 4 is 17.5 Å². The zero-order valence-corrected chi connectivity index (χ0v) is 12.8. The lowest BCUT2D eigenvalue weighted by molar-refractivity contribution is 0.0786. The van der Waals surface area contributed by atoms with Gasteiger partial charge in [-0.15, -0.1) is 0 Å². The Morgan fingerprint density at radius 1 is 1.24 bits per heavy atom. The fourth-order valence-electron chi connectivity index (χ4n) is 3.27. The Labute approximate surface area is 128 Å². The minimum absolute atomic E-state index is 0.00690. The van der Waals surface area contributed by atoms with Crippen molar-refractivity contribution in [1.82, 2.24) is 14.5 Å². The van der Waals surface area contributed by atoms with Gasteiger partial charge in [-0.1, -0.05) is 23.7 Å². The van der Waals surface area contributed by atoms with Gasteiger partial charge >= 0.3 is 0 Å². The number of rotatable bonds is 2. The number of benzene rings is 1. The van der Waals surface area contributed by atoms with Crippen LogP contribution in [0.5, 0.6) is 0 Å². The number of aromatic nitrogens is 2. The molecule has 1 atom stereocenters. The van der Waals surface area contributed by atoms with E-state index in [2.05, 4.69) is 9.55 Å². The molecule has 1 unspecified atom stereocenters. The van der Waals surface area contributed by atoms with Crippen molar-refractivity contribution in [2.24, 2.45) is 0 Å². The minimum Gasteiger partial charge on any atom is -0.328 e. The number of fused-ring (bicyclic) bond motifs is 1. The van der Waals surface area contributed by atoms with E-state index in [1.165, 1.54) is 12.8 Å². The largest absolute Gasteiger partial charge is 0.328 e. The number of nitrogens with zero attached hydrogens (tertiary/aromatic N) is 3. The summed E-state index contributed by atoms with van der Waals surface area (Å²) in [5.74, 6) is 0.954. The van der Waals surface area contributed by atoms with Crippen LogP contribution in [0.4, 0.5) is 0 Å². The third kappa shape index (κ3) is 1.82. The highest BCUT2D eigenvalue weighted by molar-refractivity contribution is 6.30. The zero-order chi connectivity index (χ0) is 14.7. The van der Waals surface area contributed by atoms with Crippen molar-refractivity contribution in [2.75, 3.05) is 7.05 Å². The maximum absolute atomic E-state index is 12.5. The van der Waals surface area contributed by atoms with Crippen LogP contribution in [0.2, 0.25) is 5.02 Å². The fraction of sp³-hybridized carbons (Fsp3) is 0.375. The van der Waals surface area contributed by atoms with E-state index in [-0.39, 0.29) is 11.9 Å². The van der Waals surface area contributed by atoms with E-state index in [0.29, 0.717) is 16.8 Å². The molecule has 0 bridgehead atoms. The summed E-state index contributed by atoms with van der Waals surface area (Å²) in [4.78, 5) is 18.8. The molecule has 0 N–H and O–H groups in total. The van der Waals surface area contributed by atoms with E-state index in [1.54, 1.807) is 4.90 Å². The van der Waals surface area contributed by atoms with Crippen molar-refractivity contribution < 1.29 is 4.79 Å². The molecule has 1 aliphatic heterocycles. The van der Waals surface area contributed by atoms with Crippen molar-refractivity contribution in [1.29, 1.82) is 0 Å². The Bertz CT molecular complexity index is 731. The van der Waals surface area contributed by atoms with Crippen LogP contribution in [0.25, 0.3) is 0 Å². The van der Waals surface area contributed by atoms with Crippen LogP contribution in [-0.4, -0.2) is 27.4 Å². The van der Waals surface area contributed by atoms with Crippen molar-refractivity contribution in [3.8, 4) is 0 Å². The first-order chi connectivity index (χ1) is 10.1. The molecule has 0 saturated heterocycles. The van der Waals surface area contributed by atoms with Crippen LogP contribution in [0.3, 0.4) is 0 Å². The molecule has 2 aromatic rings. The highest BCUT2D eigenvalue weighted by Gasteiger charge is 2.43. The highest BCUT2D eigenvalue weighted by atomic mass is 35.5. The molecule has 0 radical (unpaired) electrons. The maximum Gasteiger partial charge on any atom is 0.275 e. The van der Waals surface area contributed by atoms with Gasteiger partial charge in [-0.3, -0.25) is 4.79 Å². The van der Waals surface area contributed by atoms with Crippen LogP contribution >= 0.6 is 11.6 Å². The van der Waals surface area contributed by atoms with Gasteiger partial charge in [0.1, 0.15) is 5.82 Å². The van der Waals surface area contributed by atoms with Gasteiger partial charge in [-0.25, -0.2) is 4.98 Å². The number of halogens is 1. The summed E-state index contributed by atoms with van der Waals surface area (Å²) in [6.07, 6.45) is 2.35. The number of carbonyl (C=O) groups is 1. The lowest BCUT2D eigenvalue weighted by atomic mass is 10.0. The van der Waals surface area contributed by atoms with Gasteiger partial charge < -0.3 is 9.47 Å². The molecule has 0 spiro atoms. The summed E-state index contributed by atoms with van der Waals surface area (Å²) >= 11 is 5.98. The van der Waals surface area contributed by atoms with Gasteiger partial charge in [0.25, 0.3) is 5.91 Å². The highest BCUT2D eigenvalue weighted by Crippen LogP contribution is 2.44. The third-order valence-corrected chi connectivity index (χ3v) is 4.64. The van der Waals surface area contributed by atoms with Crippen molar-refractivity contribution in [3.63, 3.8) is 0 Å². The van der Waals surface area contributed by atoms with Gasteiger partial charge in [0.15, 0.2) is 5.69 Å². The van der Waals surface area contributed by atoms with E-state index < -0.39 is 0 Å². The molecule has 21 heavy (non-hydrogen) atoms. The molecule has 1 aromatic carbocycles. The standard InChI is InChI=1S/C16H16ClN3O/c1-9-18-13-15(20(9)12-7-8-12)14(19(2)16(13)21)10-3-5-11(17)6-4-10/h3-6,12,14H,7-8H2,1-2H3. The summed E-state index contributed by atoms with van der Waals surface area (Å²) in [5.41, 5.74) is 2.74. The van der Waals surface area contributed by atoms with Crippen molar-refractivity contribution in [2.45, 2.75) is 31.8 Å². The second-order valence-electron chi connectivity index (χ2n) is 5.86. The van der Waals surface area contributed by atoms with Crippen LogP contribution in [0, 0.1) is 6.92 Å². The maximum atomic E-state index is 12.5. The second-order valence-corrected chi connectivity index (χ2v) is 6.30. The topological polar surface area (TPSA) is 38.1 Å². The average Bonchev–Trinajstić information content (AvgIpc) is 3.20. The van der Waals surface area contributed by atoms with Gasteiger partial charge in [-0.2, -0.15) is 0 Å². The molecule has 108 valence electrons. The Hall–Kier alpha value is -1.81. The van der Waals surface area contributed by atoms with E-state index >= 15 is 0 Å². The Balaban J connectivity index is 1.90. The molecular formula is C16H16ClN3O. The van der Waals surface area contributed by atoms with E-state index in [4.69, 9.17) is 11.6 Å². The molecule has 2 aliphatic rings. The Morgan fingerprint density at radius 2 is 1.90 bits per heavy atom. The normalized spacial score (nSPS) is 21.0. The SMILES string of the molecule is Cc1nc2c(n1C1CC1)C(c1ccc(Cl)cc1)N(C)C2=O. The van der Waals surface area contributed by atoms with Crippen LogP contribution in [0.1, 0.15) is 52.5 Å². The van der Waals surface area contributed by atoms with Gasteiger partial charge in [-0.05, 0) is 37.5 Å². The molecule has 4 nitrogen and oxygen atoms in total. The van der Waals surface area contributed by atoms with Crippen LogP contribution in [-0.2, 0) is 0 Å². The molecule has 1 saturated carbocycles. The minimum atomic E-state index is -0.0634. The van der Waals surface area contributed by atoms with Gasteiger partial charge in [0.05, 0.1) is 11.7 Å². The molecule has 2 heterocycles. The predicted octanol–water partition coefficient (Wildman–Crippen LogP) is 3.35. The first-order valence-electron chi connectivity index (χ1n) is 7.19. The number of imidazole rings is 1. The Kier molecular flexibility index (Phi) is 2.67. The molecule has 5 heteroatoms. The van der Waals surface area contributed by atoms with Gasteiger partial charge in [0.2, 0.25) is 0 Å². The smallest absolute Gasteiger partial charge is 0.275 e. The zero-order valence-electron chi connectivity index (χ0n) is 12.0. The van der Waals surface area contributed by atoms with Crippen LogP contribution < -0.4 is 0 Å². The number of aryl methyl sites for hydroxylation is 1. The Morgan fingerprint density at radius 3 is 2.52 bits per heavy atom. The molecule has 4 rings (SSSR count). The summed E-state index contributed by atoms with van der Waals surface area (Å²) in [5, 5.41) is 0.706. The third-order valence-electron chi connectivity index (χ3n) is 4.39. The molecular weight excluding hydrogens is 286 g/mol. The van der Waals surface area contributed by atoms with E-state index in [1.807, 2.05) is 38.2 Å². The second kappa shape index (κ2) is 4.34. The number of amides is 1. The van der Waals surface area contributed by atoms with Gasteiger partial charge in [0, 0.05) is 18.1 Å². The van der Waals surface area contributed by atoms with E-state index in [9.17, 15) is 4.79 Å². The molecule has 1 fully saturated rings. The fourth-order valence-corrected chi connectivity index (χ4v) is 3.39. The molecule has 1 aliphatic carbocycles. The molecule has 1 aromatic heterocycles. The molecule has 1 amide bonds. The summed E-state index contributed by atoms with van der Waals surface area (Å²) in [6.45, 7) is 1.99. The number of hydrogen-bond donors (Lipinski definition) is 0. The lowest BCUT2D eigenvalue weighted by Crippen LogP contribution is -2.25. The van der Waals surface area contributed by atoms with E-state index in [0.717, 1.165) is 17.1 Å². The summed E-state index contributed by atoms with van der Waals surface area (Å²) in [7, 11) is 1.84. The van der Waals surface area contributed by atoms with Crippen LogP contribution in [0.15, 0.2) is 24.3 Å². The predicted molar refractivity (Wildman–Crippen MR) is 80.6 cm³/mol. The monoisotopic (exact) mass is 301 g/mol. The quantitative estimate of drug-likeness (QED) is 0.853. The number of carbonyl (C=O) groups excluding carboxylic acids is 1. The first kappa shape index (κ1) is 12.9. The van der Waals surface area contributed by atoms with Crippen molar-refractivity contribution in [3.05, 3.63) is 52.1 Å². The average molecular weight is 302 g/mol. The first-order valence-corrected chi connectivity index (χ1v) is 7.57. The lowest BCUT2D eigenvalue weighted by Gasteiger charge is -2.23. The summed E-state index contributed by atoms with van der Waals surface area (Å²) < 4.78 is 2.26.